The molecule has 1 aromatic rings. The SMILES string of the molecule is CCCOC(=O)c1ccc(F)cc1[N+](=O)[O-]. The van der Waals surface area contributed by atoms with Crippen LogP contribution in [0.5, 0.6) is 0 Å². The predicted molar refractivity (Wildman–Crippen MR) is 53.6 cm³/mol. The average molecular weight is 227 g/mol. The molecule has 0 spiro atoms. The first-order chi connectivity index (χ1) is 7.56. The van der Waals surface area contributed by atoms with Gasteiger partial charge in [0.1, 0.15) is 11.4 Å². The molecule has 0 fully saturated rings. The first kappa shape index (κ1) is 12.1. The Bertz CT molecular complexity index is 419. The van der Waals surface area contributed by atoms with Crippen molar-refractivity contribution in [2.75, 3.05) is 6.61 Å². The summed E-state index contributed by atoms with van der Waals surface area (Å²) in [6.07, 6.45) is 0.612. The number of halogens is 1. The molecule has 1 rings (SSSR count). The molecule has 0 aliphatic carbocycles. The van der Waals surface area contributed by atoms with E-state index in [4.69, 9.17) is 4.74 Å². The van der Waals surface area contributed by atoms with Crippen molar-refractivity contribution in [2.24, 2.45) is 0 Å². The first-order valence-electron chi connectivity index (χ1n) is 4.67. The highest BCUT2D eigenvalue weighted by molar-refractivity contribution is 5.93. The van der Waals surface area contributed by atoms with E-state index < -0.39 is 22.4 Å². The lowest BCUT2D eigenvalue weighted by Crippen LogP contribution is -2.09. The van der Waals surface area contributed by atoms with Gasteiger partial charge in [-0.15, -0.1) is 0 Å². The van der Waals surface area contributed by atoms with Gasteiger partial charge in [0.25, 0.3) is 5.69 Å². The number of hydrogen-bond donors (Lipinski definition) is 0. The molecule has 0 aliphatic rings. The van der Waals surface area contributed by atoms with Crippen LogP contribution in [0.3, 0.4) is 0 Å². The van der Waals surface area contributed by atoms with Crippen LogP contribution >= 0.6 is 0 Å². The number of carbonyl (C=O) groups excluding carboxylic acids is 1. The molecule has 0 aliphatic heterocycles. The Morgan fingerprint density at radius 2 is 2.25 bits per heavy atom. The number of nitrogens with zero attached hydrogens (tertiary/aromatic N) is 1. The van der Waals surface area contributed by atoms with Crippen LogP contribution in [0.15, 0.2) is 18.2 Å². The van der Waals surface area contributed by atoms with Crippen molar-refractivity contribution in [1.82, 2.24) is 0 Å². The van der Waals surface area contributed by atoms with Crippen LogP contribution < -0.4 is 0 Å². The molecule has 6 heteroatoms. The quantitative estimate of drug-likeness (QED) is 0.449. The lowest BCUT2D eigenvalue weighted by Gasteiger charge is -2.03. The van der Waals surface area contributed by atoms with E-state index in [2.05, 4.69) is 0 Å². The van der Waals surface area contributed by atoms with Crippen LogP contribution in [0.25, 0.3) is 0 Å². The number of esters is 1. The minimum absolute atomic E-state index is 0.174. The van der Waals surface area contributed by atoms with Crippen LogP contribution in [0.1, 0.15) is 23.7 Å². The Balaban J connectivity index is 3.03. The molecule has 0 amide bonds. The van der Waals surface area contributed by atoms with Gasteiger partial charge in [-0.25, -0.2) is 9.18 Å². The van der Waals surface area contributed by atoms with Crippen LogP contribution in [0.4, 0.5) is 10.1 Å². The Kier molecular flexibility index (Phi) is 3.93. The highest BCUT2D eigenvalue weighted by Crippen LogP contribution is 2.20. The molecule has 0 saturated carbocycles. The smallest absolute Gasteiger partial charge is 0.345 e. The van der Waals surface area contributed by atoms with E-state index in [0.29, 0.717) is 12.5 Å². The molecule has 16 heavy (non-hydrogen) atoms. The summed E-state index contributed by atoms with van der Waals surface area (Å²) in [5.41, 5.74) is -0.819. The number of hydrogen-bond acceptors (Lipinski definition) is 4. The van der Waals surface area contributed by atoms with E-state index in [1.54, 1.807) is 6.92 Å². The van der Waals surface area contributed by atoms with E-state index in [9.17, 15) is 19.3 Å². The molecular formula is C10H10FNO4. The molecule has 5 nitrogen and oxygen atoms in total. The van der Waals surface area contributed by atoms with Crippen LogP contribution in [0, 0.1) is 15.9 Å². The zero-order valence-electron chi connectivity index (χ0n) is 8.60. The van der Waals surface area contributed by atoms with Crippen LogP contribution in [-0.4, -0.2) is 17.5 Å². The van der Waals surface area contributed by atoms with E-state index in [1.165, 1.54) is 0 Å². The summed E-state index contributed by atoms with van der Waals surface area (Å²) in [5, 5.41) is 10.6. The summed E-state index contributed by atoms with van der Waals surface area (Å²) in [5.74, 6) is -1.58. The number of carbonyl (C=O) groups is 1. The third-order valence-electron chi connectivity index (χ3n) is 1.81. The van der Waals surface area contributed by atoms with E-state index >= 15 is 0 Å². The highest BCUT2D eigenvalue weighted by Gasteiger charge is 2.21. The number of benzene rings is 1. The molecular weight excluding hydrogens is 217 g/mol. The lowest BCUT2D eigenvalue weighted by atomic mass is 10.2. The lowest BCUT2D eigenvalue weighted by molar-refractivity contribution is -0.385. The second kappa shape index (κ2) is 5.20. The molecule has 0 N–H and O–H groups in total. The van der Waals surface area contributed by atoms with Gasteiger partial charge in [0, 0.05) is 0 Å². The van der Waals surface area contributed by atoms with E-state index in [1.807, 2.05) is 0 Å². The molecule has 0 unspecified atom stereocenters. The molecule has 86 valence electrons. The minimum atomic E-state index is -0.814. The average Bonchev–Trinajstić information content (AvgIpc) is 2.25. The van der Waals surface area contributed by atoms with E-state index in [0.717, 1.165) is 12.1 Å². The molecule has 1 aromatic carbocycles. The molecule has 0 bridgehead atoms. The number of ether oxygens (including phenoxy) is 1. The van der Waals surface area contributed by atoms with Gasteiger partial charge in [0.05, 0.1) is 17.6 Å². The van der Waals surface area contributed by atoms with Gasteiger partial charge in [-0.2, -0.15) is 0 Å². The summed E-state index contributed by atoms with van der Waals surface area (Å²) < 4.78 is 17.5. The Morgan fingerprint density at radius 3 is 2.81 bits per heavy atom. The standard InChI is InChI=1S/C10H10FNO4/c1-2-5-16-10(13)8-4-3-7(11)6-9(8)12(14)15/h3-4,6H,2,5H2,1H3. The van der Waals surface area contributed by atoms with Gasteiger partial charge >= 0.3 is 5.97 Å². The number of nitro benzene ring substituents is 1. The van der Waals surface area contributed by atoms with Crippen LogP contribution in [0.2, 0.25) is 0 Å². The summed E-state index contributed by atoms with van der Waals surface area (Å²) in [4.78, 5) is 21.2. The van der Waals surface area contributed by atoms with Gasteiger partial charge in [-0.05, 0) is 18.6 Å². The zero-order valence-corrected chi connectivity index (χ0v) is 8.60. The first-order valence-corrected chi connectivity index (χ1v) is 4.67. The van der Waals surface area contributed by atoms with Crippen molar-refractivity contribution in [3.8, 4) is 0 Å². The molecule has 0 saturated heterocycles. The maximum atomic E-state index is 12.8. The monoisotopic (exact) mass is 227 g/mol. The van der Waals surface area contributed by atoms with Crippen molar-refractivity contribution in [3.63, 3.8) is 0 Å². The summed E-state index contributed by atoms with van der Waals surface area (Å²) in [6, 6.07) is 2.73. The maximum Gasteiger partial charge on any atom is 0.345 e. The van der Waals surface area contributed by atoms with Crippen molar-refractivity contribution < 1.29 is 18.8 Å². The van der Waals surface area contributed by atoms with E-state index in [-0.39, 0.29) is 12.2 Å². The van der Waals surface area contributed by atoms with Gasteiger partial charge in [0.15, 0.2) is 0 Å². The second-order valence-corrected chi connectivity index (χ2v) is 3.05. The Hall–Kier alpha value is -1.98. The van der Waals surface area contributed by atoms with Gasteiger partial charge in [-0.3, -0.25) is 10.1 Å². The zero-order chi connectivity index (χ0) is 12.1. The third kappa shape index (κ3) is 2.75. The molecule has 0 atom stereocenters. The van der Waals surface area contributed by atoms with Crippen molar-refractivity contribution in [3.05, 3.63) is 39.7 Å². The van der Waals surface area contributed by atoms with Crippen molar-refractivity contribution in [2.45, 2.75) is 13.3 Å². The van der Waals surface area contributed by atoms with Crippen LogP contribution in [-0.2, 0) is 4.74 Å². The topological polar surface area (TPSA) is 69.4 Å². The number of rotatable bonds is 4. The third-order valence-corrected chi connectivity index (χ3v) is 1.81. The molecule has 0 aromatic heterocycles. The Morgan fingerprint density at radius 1 is 1.56 bits per heavy atom. The molecule has 0 heterocycles. The van der Waals surface area contributed by atoms with Gasteiger partial charge in [0.2, 0.25) is 0 Å². The normalized spacial score (nSPS) is 9.88. The van der Waals surface area contributed by atoms with Gasteiger partial charge in [-0.1, -0.05) is 6.92 Å². The fourth-order valence-electron chi connectivity index (χ4n) is 1.10. The van der Waals surface area contributed by atoms with Crippen molar-refractivity contribution in [1.29, 1.82) is 0 Å². The van der Waals surface area contributed by atoms with Gasteiger partial charge < -0.3 is 4.74 Å². The molecule has 0 radical (unpaired) electrons. The predicted octanol–water partition coefficient (Wildman–Crippen LogP) is 2.30. The second-order valence-electron chi connectivity index (χ2n) is 3.05. The summed E-state index contributed by atoms with van der Waals surface area (Å²) in [6.45, 7) is 1.97. The minimum Gasteiger partial charge on any atom is -0.462 e. The summed E-state index contributed by atoms with van der Waals surface area (Å²) >= 11 is 0. The van der Waals surface area contributed by atoms with Crippen molar-refractivity contribution >= 4 is 11.7 Å². The highest BCUT2D eigenvalue weighted by atomic mass is 19.1. The number of nitro groups is 1. The largest absolute Gasteiger partial charge is 0.462 e. The Labute approximate surface area is 91.0 Å². The summed E-state index contributed by atoms with van der Waals surface area (Å²) in [7, 11) is 0. The fraction of sp³-hybridized carbons (Fsp3) is 0.300. The maximum absolute atomic E-state index is 12.8. The fourth-order valence-corrected chi connectivity index (χ4v) is 1.10.